The van der Waals surface area contributed by atoms with E-state index in [1.807, 2.05) is 43.3 Å². The van der Waals surface area contributed by atoms with Gasteiger partial charge in [-0.3, -0.25) is 0 Å². The van der Waals surface area contributed by atoms with Crippen molar-refractivity contribution in [2.75, 3.05) is 0 Å². The summed E-state index contributed by atoms with van der Waals surface area (Å²) in [6.07, 6.45) is 0.416. The van der Waals surface area contributed by atoms with Crippen LogP contribution in [0, 0.1) is 0 Å². The molecule has 0 radical (unpaired) electrons. The van der Waals surface area contributed by atoms with E-state index >= 15 is 0 Å². The molecule has 2 atom stereocenters. The van der Waals surface area contributed by atoms with Gasteiger partial charge >= 0.3 is 0 Å². The standard InChI is InChI=1S/C18H21NO2/c1-12(11-13(2)20)19-18-14-7-3-5-9-16(14)21-17-10-6-4-8-15(17)18/h3-10,12-13,18-20H,11H2,1-2H3. The highest BCUT2D eigenvalue weighted by Crippen LogP contribution is 2.42. The first-order valence-electron chi connectivity index (χ1n) is 7.45. The molecule has 3 nitrogen and oxygen atoms in total. The minimum atomic E-state index is -0.308. The third kappa shape index (κ3) is 2.94. The monoisotopic (exact) mass is 283 g/mol. The van der Waals surface area contributed by atoms with E-state index < -0.39 is 0 Å². The summed E-state index contributed by atoms with van der Waals surface area (Å²) in [5.74, 6) is 1.80. The third-order valence-electron chi connectivity index (χ3n) is 3.83. The average Bonchev–Trinajstić information content (AvgIpc) is 2.46. The molecule has 0 aromatic heterocycles. The third-order valence-corrected chi connectivity index (χ3v) is 3.83. The van der Waals surface area contributed by atoms with E-state index in [-0.39, 0.29) is 18.2 Å². The molecule has 2 unspecified atom stereocenters. The average molecular weight is 283 g/mol. The van der Waals surface area contributed by atoms with Crippen molar-refractivity contribution < 1.29 is 9.84 Å². The number of aliphatic hydroxyl groups excluding tert-OH is 1. The lowest BCUT2D eigenvalue weighted by atomic mass is 9.93. The van der Waals surface area contributed by atoms with Crippen LogP contribution in [0.5, 0.6) is 11.5 Å². The van der Waals surface area contributed by atoms with E-state index in [0.717, 1.165) is 29.0 Å². The molecule has 0 saturated heterocycles. The lowest BCUT2D eigenvalue weighted by molar-refractivity contribution is 0.168. The minimum absolute atomic E-state index is 0.0971. The van der Waals surface area contributed by atoms with Crippen molar-refractivity contribution >= 4 is 0 Å². The Morgan fingerprint density at radius 3 is 2.05 bits per heavy atom. The number of hydrogen-bond donors (Lipinski definition) is 2. The zero-order valence-electron chi connectivity index (χ0n) is 12.4. The van der Waals surface area contributed by atoms with Crippen LogP contribution in [0.2, 0.25) is 0 Å². The molecular weight excluding hydrogens is 262 g/mol. The van der Waals surface area contributed by atoms with Crippen molar-refractivity contribution in [2.24, 2.45) is 0 Å². The fraction of sp³-hybridized carbons (Fsp3) is 0.333. The highest BCUT2D eigenvalue weighted by molar-refractivity contribution is 5.52. The molecule has 110 valence electrons. The van der Waals surface area contributed by atoms with E-state index in [1.165, 1.54) is 0 Å². The zero-order chi connectivity index (χ0) is 14.8. The maximum absolute atomic E-state index is 9.58. The minimum Gasteiger partial charge on any atom is -0.457 e. The Kier molecular flexibility index (Phi) is 3.95. The number of rotatable bonds is 4. The Balaban J connectivity index is 1.95. The molecule has 0 bridgehead atoms. The van der Waals surface area contributed by atoms with Gasteiger partial charge in [0.2, 0.25) is 0 Å². The second kappa shape index (κ2) is 5.88. The Morgan fingerprint density at radius 2 is 1.52 bits per heavy atom. The molecule has 0 aliphatic carbocycles. The molecule has 1 aliphatic rings. The van der Waals surface area contributed by atoms with Crippen molar-refractivity contribution in [2.45, 2.75) is 38.5 Å². The van der Waals surface area contributed by atoms with Gasteiger partial charge in [-0.25, -0.2) is 0 Å². The quantitative estimate of drug-likeness (QED) is 0.900. The van der Waals surface area contributed by atoms with Crippen LogP contribution in [0.1, 0.15) is 37.4 Å². The van der Waals surface area contributed by atoms with Crippen molar-refractivity contribution in [3.8, 4) is 11.5 Å². The maximum Gasteiger partial charge on any atom is 0.132 e. The summed E-state index contributed by atoms with van der Waals surface area (Å²) >= 11 is 0. The normalized spacial score (nSPS) is 16.5. The van der Waals surface area contributed by atoms with E-state index in [4.69, 9.17) is 4.74 Å². The van der Waals surface area contributed by atoms with Gasteiger partial charge in [0.1, 0.15) is 11.5 Å². The number of nitrogens with one attached hydrogen (secondary N) is 1. The van der Waals surface area contributed by atoms with Gasteiger partial charge in [-0.1, -0.05) is 36.4 Å². The summed E-state index contributed by atoms with van der Waals surface area (Å²) in [5.41, 5.74) is 2.29. The summed E-state index contributed by atoms with van der Waals surface area (Å²) in [6, 6.07) is 16.5. The molecule has 21 heavy (non-hydrogen) atoms. The lowest BCUT2D eigenvalue weighted by Gasteiger charge is -2.31. The first kappa shape index (κ1) is 14.1. The van der Waals surface area contributed by atoms with Crippen molar-refractivity contribution in [1.29, 1.82) is 0 Å². The number of fused-ring (bicyclic) bond motifs is 2. The van der Waals surface area contributed by atoms with Crippen molar-refractivity contribution in [1.82, 2.24) is 5.32 Å². The second-order valence-corrected chi connectivity index (χ2v) is 5.76. The molecule has 1 aliphatic heterocycles. The van der Waals surface area contributed by atoms with Crippen LogP contribution in [0.4, 0.5) is 0 Å². The largest absolute Gasteiger partial charge is 0.457 e. The Morgan fingerprint density at radius 1 is 1.00 bits per heavy atom. The smallest absolute Gasteiger partial charge is 0.132 e. The van der Waals surface area contributed by atoms with Crippen LogP contribution in [-0.2, 0) is 0 Å². The molecule has 3 heteroatoms. The summed E-state index contributed by atoms with van der Waals surface area (Å²) in [6.45, 7) is 3.93. The Labute approximate surface area is 125 Å². The summed E-state index contributed by atoms with van der Waals surface area (Å²) in [5, 5.41) is 13.2. The predicted molar refractivity (Wildman–Crippen MR) is 83.7 cm³/mol. The second-order valence-electron chi connectivity index (χ2n) is 5.76. The predicted octanol–water partition coefficient (Wildman–Crippen LogP) is 3.63. The first-order chi connectivity index (χ1) is 10.1. The zero-order valence-corrected chi connectivity index (χ0v) is 12.4. The maximum atomic E-state index is 9.58. The summed E-state index contributed by atoms with van der Waals surface area (Å²) in [7, 11) is 0. The molecule has 0 saturated carbocycles. The van der Waals surface area contributed by atoms with Gasteiger partial charge in [0, 0.05) is 17.2 Å². The molecular formula is C18H21NO2. The molecule has 2 aromatic carbocycles. The van der Waals surface area contributed by atoms with E-state index in [9.17, 15) is 5.11 Å². The van der Waals surface area contributed by atoms with Gasteiger partial charge in [-0.15, -0.1) is 0 Å². The summed E-state index contributed by atoms with van der Waals surface area (Å²) in [4.78, 5) is 0. The van der Waals surface area contributed by atoms with Crippen LogP contribution < -0.4 is 10.1 Å². The Hall–Kier alpha value is -1.84. The molecule has 1 heterocycles. The van der Waals surface area contributed by atoms with E-state index in [0.29, 0.717) is 0 Å². The number of para-hydroxylation sites is 2. The van der Waals surface area contributed by atoms with Crippen LogP contribution in [-0.4, -0.2) is 17.3 Å². The molecule has 3 rings (SSSR count). The van der Waals surface area contributed by atoms with Crippen molar-refractivity contribution in [3.05, 3.63) is 59.7 Å². The van der Waals surface area contributed by atoms with Gasteiger partial charge in [-0.2, -0.15) is 0 Å². The van der Waals surface area contributed by atoms with Gasteiger partial charge in [-0.05, 0) is 32.4 Å². The number of benzene rings is 2. The van der Waals surface area contributed by atoms with Gasteiger partial charge < -0.3 is 15.2 Å². The molecule has 0 amide bonds. The molecule has 2 aromatic rings. The number of ether oxygens (including phenoxy) is 1. The summed E-state index contributed by atoms with van der Waals surface area (Å²) < 4.78 is 5.98. The number of hydrogen-bond acceptors (Lipinski definition) is 3. The van der Waals surface area contributed by atoms with Gasteiger partial charge in [0.15, 0.2) is 0 Å². The SMILES string of the molecule is CC(O)CC(C)NC1c2ccccc2Oc2ccccc21. The lowest BCUT2D eigenvalue weighted by Crippen LogP contribution is -2.34. The fourth-order valence-electron chi connectivity index (χ4n) is 2.95. The highest BCUT2D eigenvalue weighted by Gasteiger charge is 2.27. The van der Waals surface area contributed by atoms with Crippen LogP contribution in [0.15, 0.2) is 48.5 Å². The van der Waals surface area contributed by atoms with Gasteiger partial charge in [0.25, 0.3) is 0 Å². The van der Waals surface area contributed by atoms with E-state index in [2.05, 4.69) is 24.4 Å². The topological polar surface area (TPSA) is 41.5 Å². The molecule has 2 N–H and O–H groups in total. The molecule has 0 fully saturated rings. The fourth-order valence-corrected chi connectivity index (χ4v) is 2.95. The van der Waals surface area contributed by atoms with E-state index in [1.54, 1.807) is 0 Å². The van der Waals surface area contributed by atoms with Crippen LogP contribution >= 0.6 is 0 Å². The number of aliphatic hydroxyl groups is 1. The van der Waals surface area contributed by atoms with Gasteiger partial charge in [0.05, 0.1) is 12.1 Å². The first-order valence-corrected chi connectivity index (χ1v) is 7.45. The van der Waals surface area contributed by atoms with Crippen LogP contribution in [0.3, 0.4) is 0 Å². The molecule has 0 spiro atoms. The highest BCUT2D eigenvalue weighted by atomic mass is 16.5. The van der Waals surface area contributed by atoms with Crippen molar-refractivity contribution in [3.63, 3.8) is 0 Å². The Bertz CT molecular complexity index is 579. The van der Waals surface area contributed by atoms with Crippen LogP contribution in [0.25, 0.3) is 0 Å².